The second-order valence-electron chi connectivity index (χ2n) is 8.39. The van der Waals surface area contributed by atoms with Crippen LogP contribution in [-0.4, -0.2) is 69.5 Å². The van der Waals surface area contributed by atoms with Crippen molar-refractivity contribution < 1.29 is 14.0 Å². The molecule has 4 aromatic rings. The summed E-state index contributed by atoms with van der Waals surface area (Å²) in [5.74, 6) is 2.85. The van der Waals surface area contributed by atoms with Gasteiger partial charge in [0, 0.05) is 49.8 Å². The van der Waals surface area contributed by atoms with Crippen LogP contribution in [0.2, 0.25) is 0 Å². The van der Waals surface area contributed by atoms with E-state index in [9.17, 15) is 0 Å². The van der Waals surface area contributed by atoms with Crippen molar-refractivity contribution in [1.29, 1.82) is 0 Å². The number of hydrogen-bond acceptors (Lipinski definition) is 8. The molecule has 182 valence electrons. The number of methoxy groups -OCH3 is 2. The van der Waals surface area contributed by atoms with E-state index < -0.39 is 0 Å². The SMILES string of the molecule is COc1ccc(-c2noc(CN3CCN(Cn4ccn(-c5ccc(OC)cc5)c4=S)CC3)n2)cc1. The molecule has 10 heteroatoms. The number of aromatic nitrogens is 4. The summed E-state index contributed by atoms with van der Waals surface area (Å²) in [7, 11) is 3.31. The van der Waals surface area contributed by atoms with Crippen molar-refractivity contribution in [3.63, 3.8) is 0 Å². The van der Waals surface area contributed by atoms with E-state index in [-0.39, 0.29) is 0 Å². The molecule has 9 nitrogen and oxygen atoms in total. The molecule has 0 aliphatic carbocycles. The maximum atomic E-state index is 5.73. The summed E-state index contributed by atoms with van der Waals surface area (Å²) in [5, 5.41) is 4.14. The second-order valence-corrected chi connectivity index (χ2v) is 8.76. The standard InChI is InChI=1S/C25H28N6O3S/c1-32-21-7-3-19(4-8-21)24-26-23(34-27-24)17-28-11-13-29(14-12-28)18-30-15-16-31(25(30)35)20-5-9-22(33-2)10-6-20/h3-10,15-16H,11-14,17-18H2,1-2H3. The summed E-state index contributed by atoms with van der Waals surface area (Å²) in [6.45, 7) is 5.13. The molecule has 0 atom stereocenters. The highest BCUT2D eigenvalue weighted by atomic mass is 32.1. The predicted octanol–water partition coefficient (Wildman–Crippen LogP) is 3.85. The van der Waals surface area contributed by atoms with E-state index in [2.05, 4.69) is 24.5 Å². The molecule has 2 aromatic carbocycles. The van der Waals surface area contributed by atoms with Crippen LogP contribution in [-0.2, 0) is 13.2 Å². The van der Waals surface area contributed by atoms with Gasteiger partial charge in [-0.15, -0.1) is 0 Å². The van der Waals surface area contributed by atoms with E-state index in [1.807, 2.05) is 65.5 Å². The van der Waals surface area contributed by atoms with Crippen LogP contribution in [0.4, 0.5) is 0 Å². The van der Waals surface area contributed by atoms with Crippen LogP contribution in [0.5, 0.6) is 11.5 Å². The molecular formula is C25H28N6O3S. The molecule has 0 spiro atoms. The van der Waals surface area contributed by atoms with Gasteiger partial charge in [-0.05, 0) is 60.7 Å². The van der Waals surface area contributed by atoms with Gasteiger partial charge in [-0.25, -0.2) is 0 Å². The summed E-state index contributed by atoms with van der Waals surface area (Å²) in [5.41, 5.74) is 1.93. The first-order valence-corrected chi connectivity index (χ1v) is 11.9. The number of nitrogens with zero attached hydrogens (tertiary/aromatic N) is 6. The van der Waals surface area contributed by atoms with Gasteiger partial charge in [0.2, 0.25) is 11.7 Å². The fourth-order valence-corrected chi connectivity index (χ4v) is 4.42. The van der Waals surface area contributed by atoms with Crippen molar-refractivity contribution in [2.24, 2.45) is 0 Å². The fourth-order valence-electron chi connectivity index (χ4n) is 4.13. The third kappa shape index (κ3) is 5.29. The number of ether oxygens (including phenoxy) is 2. The molecule has 1 fully saturated rings. The Morgan fingerprint density at radius 2 is 1.49 bits per heavy atom. The maximum absolute atomic E-state index is 5.73. The van der Waals surface area contributed by atoms with E-state index in [0.717, 1.165) is 60.4 Å². The van der Waals surface area contributed by atoms with Gasteiger partial charge >= 0.3 is 0 Å². The zero-order valence-corrected chi connectivity index (χ0v) is 20.6. The third-order valence-electron chi connectivity index (χ3n) is 6.19. The highest BCUT2D eigenvalue weighted by Crippen LogP contribution is 2.21. The van der Waals surface area contributed by atoms with Crippen LogP contribution in [0.25, 0.3) is 17.1 Å². The van der Waals surface area contributed by atoms with E-state index in [1.54, 1.807) is 14.2 Å². The number of rotatable bonds is 8. The predicted molar refractivity (Wildman–Crippen MR) is 134 cm³/mol. The molecule has 3 heterocycles. The quantitative estimate of drug-likeness (QED) is 0.344. The smallest absolute Gasteiger partial charge is 0.241 e. The first-order valence-electron chi connectivity index (χ1n) is 11.5. The monoisotopic (exact) mass is 492 g/mol. The minimum absolute atomic E-state index is 0.594. The Hall–Kier alpha value is -3.47. The van der Waals surface area contributed by atoms with Gasteiger partial charge in [0.25, 0.3) is 0 Å². The topological polar surface area (TPSA) is 73.7 Å². The van der Waals surface area contributed by atoms with Crippen molar-refractivity contribution in [2.45, 2.75) is 13.2 Å². The highest BCUT2D eigenvalue weighted by Gasteiger charge is 2.20. The first-order chi connectivity index (χ1) is 17.1. The Morgan fingerprint density at radius 3 is 2.14 bits per heavy atom. The molecule has 1 aliphatic rings. The lowest BCUT2D eigenvalue weighted by Crippen LogP contribution is -2.46. The van der Waals surface area contributed by atoms with Crippen LogP contribution >= 0.6 is 12.2 Å². The molecule has 0 bridgehead atoms. The molecule has 1 saturated heterocycles. The average molecular weight is 493 g/mol. The minimum atomic E-state index is 0.594. The summed E-state index contributed by atoms with van der Waals surface area (Å²) < 4.78 is 20.8. The Labute approximate surface area is 209 Å². The molecule has 0 radical (unpaired) electrons. The van der Waals surface area contributed by atoms with Crippen LogP contribution in [0.1, 0.15) is 5.89 Å². The fraction of sp³-hybridized carbons (Fsp3) is 0.320. The lowest BCUT2D eigenvalue weighted by atomic mass is 10.2. The van der Waals surface area contributed by atoms with Gasteiger partial charge in [0.05, 0.1) is 27.4 Å². The summed E-state index contributed by atoms with van der Waals surface area (Å²) in [6.07, 6.45) is 4.05. The van der Waals surface area contributed by atoms with Crippen LogP contribution < -0.4 is 9.47 Å². The third-order valence-corrected chi connectivity index (χ3v) is 6.62. The van der Waals surface area contributed by atoms with Crippen molar-refractivity contribution in [1.82, 2.24) is 29.1 Å². The van der Waals surface area contributed by atoms with Gasteiger partial charge in [-0.3, -0.25) is 14.4 Å². The zero-order chi connectivity index (χ0) is 24.2. The lowest BCUT2D eigenvalue weighted by molar-refractivity contribution is 0.0947. The number of benzene rings is 2. The number of piperazine rings is 1. The van der Waals surface area contributed by atoms with Crippen molar-refractivity contribution in [3.8, 4) is 28.6 Å². The van der Waals surface area contributed by atoms with Crippen LogP contribution in [0.3, 0.4) is 0 Å². The van der Waals surface area contributed by atoms with Crippen molar-refractivity contribution in [3.05, 3.63) is 71.6 Å². The Kier molecular flexibility index (Phi) is 6.94. The minimum Gasteiger partial charge on any atom is -0.497 e. The largest absolute Gasteiger partial charge is 0.497 e. The molecule has 0 saturated carbocycles. The molecule has 1 aliphatic heterocycles. The first kappa shape index (κ1) is 23.3. The van der Waals surface area contributed by atoms with E-state index >= 15 is 0 Å². The maximum Gasteiger partial charge on any atom is 0.241 e. The number of imidazole rings is 1. The second kappa shape index (κ2) is 10.4. The Balaban J connectivity index is 1.14. The van der Waals surface area contributed by atoms with E-state index in [0.29, 0.717) is 18.3 Å². The molecule has 35 heavy (non-hydrogen) atoms. The van der Waals surface area contributed by atoms with Crippen LogP contribution in [0, 0.1) is 4.77 Å². The molecule has 0 unspecified atom stereocenters. The molecule has 0 amide bonds. The molecule has 5 rings (SSSR count). The average Bonchev–Trinajstić information content (AvgIpc) is 3.52. The lowest BCUT2D eigenvalue weighted by Gasteiger charge is -2.33. The summed E-state index contributed by atoms with van der Waals surface area (Å²) >= 11 is 5.73. The number of hydrogen-bond donors (Lipinski definition) is 0. The van der Waals surface area contributed by atoms with Crippen LogP contribution in [0.15, 0.2) is 65.4 Å². The van der Waals surface area contributed by atoms with E-state index in [4.69, 9.17) is 26.2 Å². The van der Waals surface area contributed by atoms with Crippen molar-refractivity contribution >= 4 is 12.2 Å². The normalized spacial score (nSPS) is 14.8. The van der Waals surface area contributed by atoms with Gasteiger partial charge in [0.1, 0.15) is 11.5 Å². The van der Waals surface area contributed by atoms with Gasteiger partial charge < -0.3 is 18.6 Å². The molecule has 0 N–H and O–H groups in total. The Bertz CT molecular complexity index is 1300. The van der Waals surface area contributed by atoms with Gasteiger partial charge in [-0.1, -0.05) is 5.16 Å². The highest BCUT2D eigenvalue weighted by molar-refractivity contribution is 7.71. The summed E-state index contributed by atoms with van der Waals surface area (Å²) in [6, 6.07) is 15.5. The van der Waals surface area contributed by atoms with Crippen molar-refractivity contribution in [2.75, 3.05) is 40.4 Å². The summed E-state index contributed by atoms with van der Waals surface area (Å²) in [4.78, 5) is 9.31. The Morgan fingerprint density at radius 1 is 0.857 bits per heavy atom. The molecule has 2 aromatic heterocycles. The van der Waals surface area contributed by atoms with Gasteiger partial charge in [0.15, 0.2) is 4.77 Å². The zero-order valence-electron chi connectivity index (χ0n) is 19.8. The molecular weight excluding hydrogens is 464 g/mol. The van der Waals surface area contributed by atoms with E-state index in [1.165, 1.54) is 0 Å². The van der Waals surface area contributed by atoms with Gasteiger partial charge in [-0.2, -0.15) is 4.98 Å².